The van der Waals surface area contributed by atoms with Gasteiger partial charge in [-0.1, -0.05) is 0 Å². The molecule has 144 valence electrons. The highest BCUT2D eigenvalue weighted by atomic mass is 32.2. The summed E-state index contributed by atoms with van der Waals surface area (Å²) in [5.74, 6) is 0.178. The summed E-state index contributed by atoms with van der Waals surface area (Å²) in [4.78, 5) is 34.3. The van der Waals surface area contributed by atoms with E-state index in [1.54, 1.807) is 6.92 Å². The second kappa shape index (κ2) is 9.32. The molecule has 0 atom stereocenters. The number of nitrogens with zero attached hydrogens (tertiary/aromatic N) is 2. The van der Waals surface area contributed by atoms with Gasteiger partial charge in [0.15, 0.2) is 0 Å². The Labute approximate surface area is 167 Å². The maximum Gasteiger partial charge on any atom is 0.341 e. The van der Waals surface area contributed by atoms with Crippen LogP contribution in [0.2, 0.25) is 0 Å². The molecule has 8 heteroatoms. The standard InChI is InChI=1S/C19H23N3O3S2/c1-3-25-19(24)17-13-6-4-5-7-14(13)27-18(17)22-15(23)8-9-26-16-10-12(2)20-11-21-16/h10-11H,3-9H2,1-2H3,(H,22,23). The highest BCUT2D eigenvalue weighted by Gasteiger charge is 2.27. The van der Waals surface area contributed by atoms with Crippen molar-refractivity contribution in [3.63, 3.8) is 0 Å². The molecule has 2 aromatic heterocycles. The normalized spacial score (nSPS) is 13.1. The number of ether oxygens (including phenoxy) is 1. The second-order valence-corrected chi connectivity index (χ2v) is 8.50. The number of rotatable bonds is 7. The number of aromatic nitrogens is 2. The van der Waals surface area contributed by atoms with Crippen molar-refractivity contribution in [3.05, 3.63) is 34.1 Å². The fourth-order valence-corrected chi connectivity index (χ4v) is 5.19. The summed E-state index contributed by atoms with van der Waals surface area (Å²) in [5.41, 5.74) is 2.52. The Morgan fingerprint density at radius 1 is 1.30 bits per heavy atom. The van der Waals surface area contributed by atoms with Gasteiger partial charge in [0.1, 0.15) is 11.3 Å². The van der Waals surface area contributed by atoms with Gasteiger partial charge in [-0.25, -0.2) is 14.8 Å². The van der Waals surface area contributed by atoms with Crippen molar-refractivity contribution in [1.82, 2.24) is 9.97 Å². The number of carbonyl (C=O) groups is 2. The van der Waals surface area contributed by atoms with Crippen LogP contribution >= 0.6 is 23.1 Å². The van der Waals surface area contributed by atoms with E-state index in [-0.39, 0.29) is 11.9 Å². The Bertz CT molecular complexity index is 836. The van der Waals surface area contributed by atoms with Crippen LogP contribution in [0, 0.1) is 6.92 Å². The minimum Gasteiger partial charge on any atom is -0.462 e. The van der Waals surface area contributed by atoms with E-state index in [0.717, 1.165) is 42.0 Å². The summed E-state index contributed by atoms with van der Waals surface area (Å²) in [6.45, 7) is 4.03. The van der Waals surface area contributed by atoms with E-state index < -0.39 is 0 Å². The highest BCUT2D eigenvalue weighted by Crippen LogP contribution is 2.38. The van der Waals surface area contributed by atoms with E-state index in [0.29, 0.717) is 29.3 Å². The minimum atomic E-state index is -0.335. The van der Waals surface area contributed by atoms with Crippen LogP contribution in [-0.4, -0.2) is 34.2 Å². The minimum absolute atomic E-state index is 0.0996. The fourth-order valence-electron chi connectivity index (χ4n) is 3.02. The fraction of sp³-hybridized carbons (Fsp3) is 0.474. The summed E-state index contributed by atoms with van der Waals surface area (Å²) in [6.07, 6.45) is 5.90. The number of esters is 1. The molecule has 0 unspecified atom stereocenters. The Kier molecular flexibility index (Phi) is 6.84. The molecule has 3 rings (SSSR count). The van der Waals surface area contributed by atoms with Gasteiger partial charge in [0.05, 0.1) is 17.2 Å². The summed E-state index contributed by atoms with van der Waals surface area (Å²) in [5, 5.41) is 4.43. The van der Waals surface area contributed by atoms with Crippen molar-refractivity contribution in [2.45, 2.75) is 51.0 Å². The zero-order valence-electron chi connectivity index (χ0n) is 15.5. The molecule has 27 heavy (non-hydrogen) atoms. The lowest BCUT2D eigenvalue weighted by atomic mass is 9.95. The number of fused-ring (bicyclic) bond motifs is 1. The summed E-state index contributed by atoms with van der Waals surface area (Å²) in [7, 11) is 0. The number of carbonyl (C=O) groups excluding carboxylic acids is 2. The number of hydrogen-bond donors (Lipinski definition) is 1. The molecule has 1 aliphatic rings. The topological polar surface area (TPSA) is 81.2 Å². The third kappa shape index (κ3) is 5.07. The lowest BCUT2D eigenvalue weighted by molar-refractivity contribution is -0.115. The molecule has 0 bridgehead atoms. The number of nitrogens with one attached hydrogen (secondary N) is 1. The van der Waals surface area contributed by atoms with Crippen molar-refractivity contribution in [2.75, 3.05) is 17.7 Å². The van der Waals surface area contributed by atoms with E-state index in [1.807, 2.05) is 13.0 Å². The smallest absolute Gasteiger partial charge is 0.341 e. The molecule has 0 spiro atoms. The van der Waals surface area contributed by atoms with Crippen LogP contribution in [0.1, 0.15) is 52.7 Å². The van der Waals surface area contributed by atoms with Crippen molar-refractivity contribution in [2.24, 2.45) is 0 Å². The van der Waals surface area contributed by atoms with Crippen LogP contribution in [0.25, 0.3) is 0 Å². The molecule has 0 aliphatic heterocycles. The summed E-state index contributed by atoms with van der Waals surface area (Å²) >= 11 is 3.04. The first-order chi connectivity index (χ1) is 13.1. The van der Waals surface area contributed by atoms with Crippen molar-refractivity contribution < 1.29 is 14.3 Å². The monoisotopic (exact) mass is 405 g/mol. The van der Waals surface area contributed by atoms with Gasteiger partial charge in [-0.15, -0.1) is 23.1 Å². The number of amides is 1. The first kappa shape index (κ1) is 19.8. The molecule has 1 N–H and O–H groups in total. The first-order valence-corrected chi connectivity index (χ1v) is 10.9. The Hall–Kier alpha value is -1.93. The third-order valence-electron chi connectivity index (χ3n) is 4.26. The predicted octanol–water partition coefficient (Wildman–Crippen LogP) is 4.02. The number of thiophene rings is 1. The van der Waals surface area contributed by atoms with Gasteiger partial charge in [-0.05, 0) is 51.2 Å². The van der Waals surface area contributed by atoms with Gasteiger partial charge in [0.25, 0.3) is 0 Å². The van der Waals surface area contributed by atoms with Gasteiger partial charge in [-0.2, -0.15) is 0 Å². The first-order valence-electron chi connectivity index (χ1n) is 9.11. The molecule has 2 heterocycles. The number of aryl methyl sites for hydroxylation is 2. The zero-order chi connectivity index (χ0) is 19.2. The van der Waals surface area contributed by atoms with E-state index in [1.165, 1.54) is 34.3 Å². The van der Waals surface area contributed by atoms with Crippen molar-refractivity contribution >= 4 is 40.0 Å². The van der Waals surface area contributed by atoms with Gasteiger partial charge < -0.3 is 10.1 Å². The van der Waals surface area contributed by atoms with Crippen LogP contribution in [0.3, 0.4) is 0 Å². The van der Waals surface area contributed by atoms with E-state index in [2.05, 4.69) is 15.3 Å². The van der Waals surface area contributed by atoms with E-state index >= 15 is 0 Å². The van der Waals surface area contributed by atoms with Gasteiger partial charge >= 0.3 is 5.97 Å². The largest absolute Gasteiger partial charge is 0.462 e. The average molecular weight is 406 g/mol. The van der Waals surface area contributed by atoms with Gasteiger partial charge in [-0.3, -0.25) is 4.79 Å². The Balaban J connectivity index is 1.64. The molecule has 0 saturated carbocycles. The molecule has 6 nitrogen and oxygen atoms in total. The van der Waals surface area contributed by atoms with Crippen LogP contribution in [0.4, 0.5) is 5.00 Å². The lowest BCUT2D eigenvalue weighted by Crippen LogP contribution is -2.16. The van der Waals surface area contributed by atoms with Gasteiger partial charge in [0, 0.05) is 22.7 Å². The maximum absolute atomic E-state index is 12.4. The summed E-state index contributed by atoms with van der Waals surface area (Å²) in [6, 6.07) is 1.90. The van der Waals surface area contributed by atoms with Crippen LogP contribution < -0.4 is 5.32 Å². The molecule has 0 aromatic carbocycles. The Morgan fingerprint density at radius 3 is 2.89 bits per heavy atom. The quantitative estimate of drug-likeness (QED) is 0.426. The van der Waals surface area contributed by atoms with Gasteiger partial charge in [0.2, 0.25) is 5.91 Å². The SMILES string of the molecule is CCOC(=O)c1c(NC(=O)CCSc2cc(C)ncn2)sc2c1CCCC2. The molecule has 0 fully saturated rings. The molecule has 2 aromatic rings. The van der Waals surface area contributed by atoms with Crippen molar-refractivity contribution in [3.8, 4) is 0 Å². The van der Waals surface area contributed by atoms with Crippen LogP contribution in [0.5, 0.6) is 0 Å². The molecule has 0 saturated heterocycles. The third-order valence-corrected chi connectivity index (χ3v) is 6.40. The average Bonchev–Trinajstić information content (AvgIpc) is 2.99. The summed E-state index contributed by atoms with van der Waals surface area (Å²) < 4.78 is 5.22. The zero-order valence-corrected chi connectivity index (χ0v) is 17.2. The number of hydrogen-bond acceptors (Lipinski definition) is 7. The lowest BCUT2D eigenvalue weighted by Gasteiger charge is -2.12. The second-order valence-electron chi connectivity index (χ2n) is 6.28. The molecular weight excluding hydrogens is 382 g/mol. The molecule has 0 radical (unpaired) electrons. The van der Waals surface area contributed by atoms with Crippen LogP contribution in [-0.2, 0) is 22.4 Å². The predicted molar refractivity (Wildman–Crippen MR) is 108 cm³/mol. The Morgan fingerprint density at radius 2 is 2.11 bits per heavy atom. The highest BCUT2D eigenvalue weighted by molar-refractivity contribution is 7.99. The van der Waals surface area contributed by atoms with Crippen LogP contribution in [0.15, 0.2) is 17.4 Å². The molecular formula is C19H23N3O3S2. The van der Waals surface area contributed by atoms with E-state index in [9.17, 15) is 9.59 Å². The van der Waals surface area contributed by atoms with Crippen molar-refractivity contribution in [1.29, 1.82) is 0 Å². The number of anilines is 1. The molecule has 1 amide bonds. The maximum atomic E-state index is 12.4. The number of thioether (sulfide) groups is 1. The van der Waals surface area contributed by atoms with E-state index in [4.69, 9.17) is 4.74 Å². The molecule has 1 aliphatic carbocycles.